The van der Waals surface area contributed by atoms with Crippen LogP contribution >= 0.6 is 11.6 Å². The van der Waals surface area contributed by atoms with E-state index in [0.717, 1.165) is 11.4 Å². The fourth-order valence-corrected chi connectivity index (χ4v) is 3.87. The lowest BCUT2D eigenvalue weighted by molar-refractivity contribution is 0.335. The van der Waals surface area contributed by atoms with Crippen LogP contribution in [-0.4, -0.2) is 28.8 Å². The van der Waals surface area contributed by atoms with Crippen molar-refractivity contribution in [3.8, 4) is 0 Å². The molecule has 2 aromatic rings. The first-order chi connectivity index (χ1) is 9.54. The highest BCUT2D eigenvalue weighted by Crippen LogP contribution is 2.18. The number of benzene rings is 1. The average molecular weight is 312 g/mol. The lowest BCUT2D eigenvalue weighted by atomic mass is 10.2. The van der Waals surface area contributed by atoms with Gasteiger partial charge in [-0.1, -0.05) is 23.7 Å². The summed E-state index contributed by atoms with van der Waals surface area (Å²) in [6, 6.07) is 6.89. The predicted octanol–water partition coefficient (Wildman–Crippen LogP) is 1.88. The quantitative estimate of drug-likeness (QED) is 0.869. The van der Waals surface area contributed by atoms with Crippen molar-refractivity contribution in [1.82, 2.24) is 13.9 Å². The van der Waals surface area contributed by atoms with E-state index in [1.54, 1.807) is 30.5 Å². The van der Waals surface area contributed by atoms with Crippen molar-refractivity contribution in [3.05, 3.63) is 53.1 Å². The average Bonchev–Trinajstić information content (AvgIpc) is 2.88. The maximum absolute atomic E-state index is 12.4. The topological polar surface area (TPSA) is 55.2 Å². The van der Waals surface area contributed by atoms with Crippen molar-refractivity contribution in [1.29, 1.82) is 0 Å². The number of hydrogen-bond acceptors (Lipinski definition) is 3. The molecule has 106 valence electrons. The van der Waals surface area contributed by atoms with Crippen molar-refractivity contribution < 1.29 is 8.42 Å². The number of rotatable bonds is 3. The van der Waals surface area contributed by atoms with Crippen molar-refractivity contribution in [2.45, 2.75) is 18.8 Å². The van der Waals surface area contributed by atoms with E-state index in [2.05, 4.69) is 4.98 Å². The van der Waals surface area contributed by atoms with Gasteiger partial charge in [0.15, 0.2) is 0 Å². The van der Waals surface area contributed by atoms with E-state index in [4.69, 9.17) is 11.6 Å². The van der Waals surface area contributed by atoms with Gasteiger partial charge < -0.3 is 4.57 Å². The first-order valence-electron chi connectivity index (χ1n) is 6.27. The van der Waals surface area contributed by atoms with Gasteiger partial charge in [0.2, 0.25) is 10.0 Å². The van der Waals surface area contributed by atoms with Crippen LogP contribution in [0.25, 0.3) is 0 Å². The van der Waals surface area contributed by atoms with E-state index >= 15 is 0 Å². The summed E-state index contributed by atoms with van der Waals surface area (Å²) < 4.78 is 28.3. The molecule has 0 atom stereocenters. The van der Waals surface area contributed by atoms with E-state index in [-0.39, 0.29) is 5.75 Å². The van der Waals surface area contributed by atoms with Crippen LogP contribution in [0.2, 0.25) is 5.02 Å². The molecule has 0 fully saturated rings. The monoisotopic (exact) mass is 311 g/mol. The molecule has 1 aliphatic rings. The van der Waals surface area contributed by atoms with Gasteiger partial charge in [-0.25, -0.2) is 13.4 Å². The van der Waals surface area contributed by atoms with E-state index in [9.17, 15) is 8.42 Å². The highest BCUT2D eigenvalue weighted by molar-refractivity contribution is 7.88. The van der Waals surface area contributed by atoms with Gasteiger partial charge in [-0.05, 0) is 17.7 Å². The van der Waals surface area contributed by atoms with E-state index in [1.807, 2.05) is 10.8 Å². The van der Waals surface area contributed by atoms with Crippen molar-refractivity contribution in [3.63, 3.8) is 0 Å². The van der Waals surface area contributed by atoms with Crippen molar-refractivity contribution in [2.24, 2.45) is 0 Å². The second kappa shape index (κ2) is 5.20. The van der Waals surface area contributed by atoms with Crippen LogP contribution in [0, 0.1) is 0 Å². The molecule has 0 saturated heterocycles. The van der Waals surface area contributed by atoms with Crippen LogP contribution in [0.3, 0.4) is 0 Å². The molecule has 0 saturated carbocycles. The zero-order valence-corrected chi connectivity index (χ0v) is 12.3. The summed E-state index contributed by atoms with van der Waals surface area (Å²) in [5.74, 6) is 0.779. The zero-order chi connectivity index (χ0) is 14.2. The summed E-state index contributed by atoms with van der Waals surface area (Å²) in [7, 11) is -3.33. The summed E-state index contributed by atoms with van der Waals surface area (Å²) in [6.07, 6.45) is 3.57. The molecule has 3 rings (SSSR count). The summed E-state index contributed by atoms with van der Waals surface area (Å²) in [5, 5.41) is 0.603. The molecule has 1 aromatic carbocycles. The summed E-state index contributed by atoms with van der Waals surface area (Å²) in [5.41, 5.74) is 0.739. The Hall–Kier alpha value is -1.37. The van der Waals surface area contributed by atoms with E-state index < -0.39 is 10.0 Å². The van der Waals surface area contributed by atoms with Gasteiger partial charge in [0.25, 0.3) is 0 Å². The summed E-state index contributed by atoms with van der Waals surface area (Å²) >= 11 is 5.80. The molecular weight excluding hydrogens is 298 g/mol. The molecule has 20 heavy (non-hydrogen) atoms. The Kier molecular flexibility index (Phi) is 3.54. The van der Waals surface area contributed by atoms with Gasteiger partial charge in [0.05, 0.1) is 12.3 Å². The minimum absolute atomic E-state index is 0.00905. The van der Waals surface area contributed by atoms with Gasteiger partial charge in [0.1, 0.15) is 5.82 Å². The number of halogens is 1. The van der Waals surface area contributed by atoms with Gasteiger partial charge in [-0.2, -0.15) is 4.31 Å². The molecule has 5 nitrogen and oxygen atoms in total. The van der Waals surface area contributed by atoms with Gasteiger partial charge in [-0.3, -0.25) is 0 Å². The van der Waals surface area contributed by atoms with Gasteiger partial charge >= 0.3 is 0 Å². The number of fused-ring (bicyclic) bond motifs is 1. The molecule has 0 spiro atoms. The first kappa shape index (κ1) is 13.6. The smallest absolute Gasteiger partial charge is 0.218 e. The molecular formula is C13H14ClN3O2S. The van der Waals surface area contributed by atoms with Crippen LogP contribution < -0.4 is 0 Å². The number of aromatic nitrogens is 2. The zero-order valence-electron chi connectivity index (χ0n) is 10.7. The normalized spacial score (nSPS) is 16.1. The SMILES string of the molecule is O=S(=O)(Cc1ccc(Cl)cc1)N1CCn2ccnc2C1. The van der Waals surface area contributed by atoms with Gasteiger partial charge in [-0.15, -0.1) is 0 Å². The number of imidazole rings is 1. The standard InChI is InChI=1S/C13H14ClN3O2S/c14-12-3-1-11(2-4-12)10-20(18,19)17-8-7-16-6-5-15-13(16)9-17/h1-6H,7-10H2. The summed E-state index contributed by atoms with van der Waals surface area (Å²) in [4.78, 5) is 4.18. The lowest BCUT2D eigenvalue weighted by Gasteiger charge is -2.27. The largest absolute Gasteiger partial charge is 0.333 e. The fraction of sp³-hybridized carbons (Fsp3) is 0.308. The predicted molar refractivity (Wildman–Crippen MR) is 76.7 cm³/mol. The fourth-order valence-electron chi connectivity index (χ4n) is 2.27. The maximum Gasteiger partial charge on any atom is 0.218 e. The van der Waals surface area contributed by atoms with E-state index in [0.29, 0.717) is 24.7 Å². The Labute approximate surface area is 122 Å². The van der Waals surface area contributed by atoms with Crippen molar-refractivity contribution >= 4 is 21.6 Å². The first-order valence-corrected chi connectivity index (χ1v) is 8.25. The van der Waals surface area contributed by atoms with Crippen LogP contribution in [0.1, 0.15) is 11.4 Å². The summed E-state index contributed by atoms with van der Waals surface area (Å²) in [6.45, 7) is 1.47. The molecule has 0 N–H and O–H groups in total. The second-order valence-electron chi connectivity index (χ2n) is 4.75. The van der Waals surface area contributed by atoms with Crippen LogP contribution in [0.5, 0.6) is 0 Å². The van der Waals surface area contributed by atoms with Gasteiger partial charge in [0, 0.05) is 30.5 Å². The molecule has 0 aliphatic carbocycles. The molecule has 0 bridgehead atoms. The minimum atomic E-state index is -3.33. The van der Waals surface area contributed by atoms with Crippen LogP contribution in [0.4, 0.5) is 0 Å². The molecule has 2 heterocycles. The van der Waals surface area contributed by atoms with Crippen LogP contribution in [0.15, 0.2) is 36.7 Å². The third kappa shape index (κ3) is 2.72. The van der Waals surface area contributed by atoms with Crippen molar-refractivity contribution in [2.75, 3.05) is 6.54 Å². The minimum Gasteiger partial charge on any atom is -0.333 e. The molecule has 0 amide bonds. The highest BCUT2D eigenvalue weighted by atomic mass is 35.5. The highest BCUT2D eigenvalue weighted by Gasteiger charge is 2.27. The molecule has 7 heteroatoms. The Morgan fingerprint density at radius 2 is 1.95 bits per heavy atom. The maximum atomic E-state index is 12.4. The van der Waals surface area contributed by atoms with E-state index in [1.165, 1.54) is 4.31 Å². The Bertz CT molecular complexity index is 709. The molecule has 1 aliphatic heterocycles. The van der Waals surface area contributed by atoms with Crippen LogP contribution in [-0.2, 0) is 28.9 Å². The Balaban J connectivity index is 1.77. The number of nitrogens with zero attached hydrogens (tertiary/aromatic N) is 3. The molecule has 1 aromatic heterocycles. The lowest BCUT2D eigenvalue weighted by Crippen LogP contribution is -2.38. The Morgan fingerprint density at radius 1 is 1.20 bits per heavy atom. The second-order valence-corrected chi connectivity index (χ2v) is 7.16. The molecule has 0 unspecified atom stereocenters. The third-order valence-corrected chi connectivity index (χ3v) is 5.41. The number of hydrogen-bond donors (Lipinski definition) is 0. The molecule has 0 radical (unpaired) electrons. The Morgan fingerprint density at radius 3 is 2.70 bits per heavy atom. The third-order valence-electron chi connectivity index (χ3n) is 3.37. The number of sulfonamides is 1.